The number of fused-ring (bicyclic) bond motifs is 1. The molecule has 1 aromatic carbocycles. The third-order valence-electron chi connectivity index (χ3n) is 2.35. The van der Waals surface area contributed by atoms with Crippen LogP contribution in [0.2, 0.25) is 0 Å². The van der Waals surface area contributed by atoms with Crippen LogP contribution in [0.15, 0.2) is 34.1 Å². The lowest BCUT2D eigenvalue weighted by molar-refractivity contribution is 0.509. The third kappa shape index (κ3) is 1.41. The van der Waals surface area contributed by atoms with Gasteiger partial charge in [0.25, 0.3) is 0 Å². The topological polar surface area (TPSA) is 64.9 Å². The van der Waals surface area contributed by atoms with Gasteiger partial charge in [-0.3, -0.25) is 0 Å². The van der Waals surface area contributed by atoms with Crippen LogP contribution in [0.4, 0.5) is 0 Å². The van der Waals surface area contributed by atoms with Gasteiger partial charge in [0.1, 0.15) is 0 Å². The summed E-state index contributed by atoms with van der Waals surface area (Å²) in [6, 6.07) is 8.14. The van der Waals surface area contributed by atoms with Crippen molar-refractivity contribution in [2.45, 2.75) is 6.54 Å². The van der Waals surface area contributed by atoms with E-state index in [1.165, 1.54) is 4.70 Å². The van der Waals surface area contributed by atoms with Crippen LogP contribution in [0.3, 0.4) is 0 Å². The van der Waals surface area contributed by atoms with Crippen LogP contribution in [0, 0.1) is 0 Å². The van der Waals surface area contributed by atoms with Crippen molar-refractivity contribution in [3.05, 3.63) is 35.5 Å². The molecule has 2 aromatic heterocycles. The summed E-state index contributed by atoms with van der Waals surface area (Å²) in [6.07, 6.45) is 0. The summed E-state index contributed by atoms with van der Waals surface area (Å²) in [6.45, 7) is 0.273. The van der Waals surface area contributed by atoms with E-state index in [2.05, 4.69) is 16.3 Å². The number of nitrogens with two attached hydrogens (primary N) is 1. The van der Waals surface area contributed by atoms with Gasteiger partial charge in [0.15, 0.2) is 0 Å². The maximum absolute atomic E-state index is 5.44. The van der Waals surface area contributed by atoms with Gasteiger partial charge in [-0.25, -0.2) is 0 Å². The molecule has 4 nitrogen and oxygen atoms in total. The summed E-state index contributed by atoms with van der Waals surface area (Å²) in [5.41, 5.74) is 6.41. The van der Waals surface area contributed by atoms with Crippen molar-refractivity contribution < 1.29 is 4.42 Å². The van der Waals surface area contributed by atoms with Crippen molar-refractivity contribution in [2.24, 2.45) is 5.73 Å². The molecule has 0 atom stereocenters. The Balaban J connectivity index is 2.18. The number of nitrogens with zero attached hydrogens (tertiary/aromatic N) is 2. The Bertz CT molecular complexity index is 629. The predicted molar refractivity (Wildman–Crippen MR) is 63.0 cm³/mol. The van der Waals surface area contributed by atoms with Gasteiger partial charge in [-0.05, 0) is 6.07 Å². The number of aromatic nitrogens is 2. The smallest absolute Gasteiger partial charge is 0.249 e. The van der Waals surface area contributed by atoms with Crippen molar-refractivity contribution in [3.8, 4) is 11.5 Å². The normalized spacial score (nSPS) is 11.1. The maximum Gasteiger partial charge on any atom is 0.249 e. The van der Waals surface area contributed by atoms with E-state index < -0.39 is 0 Å². The molecule has 16 heavy (non-hydrogen) atoms. The summed E-state index contributed by atoms with van der Waals surface area (Å²) < 4.78 is 6.66. The minimum atomic E-state index is 0.273. The van der Waals surface area contributed by atoms with Gasteiger partial charge in [-0.2, -0.15) is 0 Å². The Morgan fingerprint density at radius 2 is 2.12 bits per heavy atom. The van der Waals surface area contributed by atoms with E-state index in [0.29, 0.717) is 11.8 Å². The van der Waals surface area contributed by atoms with Gasteiger partial charge < -0.3 is 10.2 Å². The first-order chi connectivity index (χ1) is 7.88. The summed E-state index contributed by atoms with van der Waals surface area (Å²) in [4.78, 5) is 0. The first-order valence-corrected chi connectivity index (χ1v) is 5.75. The van der Waals surface area contributed by atoms with Gasteiger partial charge in [0, 0.05) is 15.5 Å². The molecule has 2 N–H and O–H groups in total. The quantitative estimate of drug-likeness (QED) is 0.735. The largest absolute Gasteiger partial charge is 0.419 e. The Labute approximate surface area is 95.7 Å². The molecule has 3 rings (SSSR count). The van der Waals surface area contributed by atoms with Crippen LogP contribution in [0.5, 0.6) is 0 Å². The Kier molecular flexibility index (Phi) is 2.19. The Morgan fingerprint density at radius 1 is 1.25 bits per heavy atom. The lowest BCUT2D eigenvalue weighted by Gasteiger charge is -1.91. The van der Waals surface area contributed by atoms with Crippen molar-refractivity contribution in [2.75, 3.05) is 0 Å². The van der Waals surface area contributed by atoms with E-state index in [-0.39, 0.29) is 6.54 Å². The minimum Gasteiger partial charge on any atom is -0.419 e. The van der Waals surface area contributed by atoms with Gasteiger partial charge in [0.05, 0.1) is 12.1 Å². The highest BCUT2D eigenvalue weighted by molar-refractivity contribution is 7.17. The second kappa shape index (κ2) is 3.70. The number of hydrogen-bond donors (Lipinski definition) is 1. The minimum absolute atomic E-state index is 0.273. The first-order valence-electron chi connectivity index (χ1n) is 4.87. The molecule has 0 spiro atoms. The van der Waals surface area contributed by atoms with Crippen LogP contribution < -0.4 is 5.73 Å². The highest BCUT2D eigenvalue weighted by Crippen LogP contribution is 2.32. The van der Waals surface area contributed by atoms with E-state index in [1.807, 2.05) is 23.6 Å². The molecule has 0 aliphatic carbocycles. The average molecular weight is 231 g/mol. The molecular weight excluding hydrogens is 222 g/mol. The van der Waals surface area contributed by atoms with E-state index in [9.17, 15) is 0 Å². The SMILES string of the molecule is NCc1nnc(-c2csc3ccccc23)o1. The molecule has 0 aliphatic rings. The standard InChI is InChI=1S/C11H9N3OS/c12-5-10-13-14-11(15-10)8-6-16-9-4-2-1-3-7(8)9/h1-4,6H,5,12H2. The third-order valence-corrected chi connectivity index (χ3v) is 3.32. The van der Waals surface area contributed by atoms with Gasteiger partial charge in [-0.1, -0.05) is 18.2 Å². The summed E-state index contributed by atoms with van der Waals surface area (Å²) >= 11 is 1.67. The maximum atomic E-state index is 5.44. The fourth-order valence-corrected chi connectivity index (χ4v) is 2.52. The molecule has 0 aliphatic heterocycles. The Hall–Kier alpha value is -1.72. The fraction of sp³-hybridized carbons (Fsp3) is 0.0909. The molecule has 0 amide bonds. The van der Waals surface area contributed by atoms with E-state index in [1.54, 1.807) is 11.3 Å². The second-order valence-electron chi connectivity index (χ2n) is 3.35. The highest BCUT2D eigenvalue weighted by atomic mass is 32.1. The molecule has 0 radical (unpaired) electrons. The molecule has 0 saturated heterocycles. The van der Waals surface area contributed by atoms with Crippen molar-refractivity contribution in [1.82, 2.24) is 10.2 Å². The average Bonchev–Trinajstić information content (AvgIpc) is 2.94. The summed E-state index contributed by atoms with van der Waals surface area (Å²) in [7, 11) is 0. The molecular formula is C11H9N3OS. The lowest BCUT2D eigenvalue weighted by atomic mass is 10.2. The predicted octanol–water partition coefficient (Wildman–Crippen LogP) is 2.41. The van der Waals surface area contributed by atoms with Gasteiger partial charge in [0.2, 0.25) is 11.8 Å². The molecule has 80 valence electrons. The highest BCUT2D eigenvalue weighted by Gasteiger charge is 2.12. The molecule has 0 unspecified atom stereocenters. The zero-order valence-corrected chi connectivity index (χ0v) is 9.20. The fourth-order valence-electron chi connectivity index (χ4n) is 1.59. The van der Waals surface area contributed by atoms with E-state index in [4.69, 9.17) is 10.2 Å². The molecule has 0 saturated carbocycles. The number of benzene rings is 1. The molecule has 3 aromatic rings. The zero-order valence-electron chi connectivity index (χ0n) is 8.38. The summed E-state index contributed by atoms with van der Waals surface area (Å²) in [5.74, 6) is 1.00. The van der Waals surface area contributed by atoms with Crippen molar-refractivity contribution in [3.63, 3.8) is 0 Å². The van der Waals surface area contributed by atoms with Crippen LogP contribution in [0.25, 0.3) is 21.5 Å². The lowest BCUT2D eigenvalue weighted by Crippen LogP contribution is -1.95. The van der Waals surface area contributed by atoms with Crippen LogP contribution >= 0.6 is 11.3 Å². The number of hydrogen-bond acceptors (Lipinski definition) is 5. The first kappa shape index (κ1) is 9.50. The monoisotopic (exact) mass is 231 g/mol. The van der Waals surface area contributed by atoms with Crippen molar-refractivity contribution in [1.29, 1.82) is 0 Å². The van der Waals surface area contributed by atoms with E-state index >= 15 is 0 Å². The molecule has 5 heteroatoms. The Morgan fingerprint density at radius 3 is 2.94 bits per heavy atom. The second-order valence-corrected chi connectivity index (χ2v) is 4.26. The van der Waals surface area contributed by atoms with E-state index in [0.717, 1.165) is 10.9 Å². The zero-order chi connectivity index (χ0) is 11.0. The molecule has 0 fully saturated rings. The van der Waals surface area contributed by atoms with Crippen LogP contribution in [0.1, 0.15) is 5.89 Å². The van der Waals surface area contributed by atoms with Gasteiger partial charge >= 0.3 is 0 Å². The van der Waals surface area contributed by atoms with Crippen molar-refractivity contribution >= 4 is 21.4 Å². The summed E-state index contributed by atoms with van der Waals surface area (Å²) in [5, 5.41) is 11.0. The molecule has 2 heterocycles. The number of rotatable bonds is 2. The molecule has 0 bridgehead atoms. The number of thiophene rings is 1. The van der Waals surface area contributed by atoms with Gasteiger partial charge in [-0.15, -0.1) is 21.5 Å². The van der Waals surface area contributed by atoms with Crippen LogP contribution in [-0.4, -0.2) is 10.2 Å². The van der Waals surface area contributed by atoms with Crippen LogP contribution in [-0.2, 0) is 6.54 Å².